The minimum absolute atomic E-state index is 0.0961. The molecule has 0 aliphatic heterocycles. The van der Waals surface area contributed by atoms with E-state index in [9.17, 15) is 9.90 Å². The van der Waals surface area contributed by atoms with Crippen LogP contribution in [0.3, 0.4) is 0 Å². The molecule has 0 saturated heterocycles. The summed E-state index contributed by atoms with van der Waals surface area (Å²) >= 11 is 0. The molecular formula is C8H17NO3. The minimum atomic E-state index is -1.07. The molecule has 0 amide bonds. The Kier molecular flexibility index (Phi) is 3.67. The normalized spacial score (nSPS) is 17.1. The van der Waals surface area contributed by atoms with Crippen molar-refractivity contribution in [2.45, 2.75) is 39.3 Å². The monoisotopic (exact) mass is 175 g/mol. The van der Waals surface area contributed by atoms with Gasteiger partial charge in [-0.25, -0.2) is 0 Å². The fourth-order valence-electron chi connectivity index (χ4n) is 0.695. The third-order valence-corrected chi connectivity index (χ3v) is 1.79. The highest BCUT2D eigenvalue weighted by atomic mass is 16.4. The summed E-state index contributed by atoms with van der Waals surface area (Å²) in [7, 11) is 0. The second-order valence-corrected chi connectivity index (χ2v) is 4.06. The highest BCUT2D eigenvalue weighted by Gasteiger charge is 2.26. The molecule has 0 aromatic carbocycles. The lowest BCUT2D eigenvalue weighted by Gasteiger charge is -2.26. The van der Waals surface area contributed by atoms with Gasteiger partial charge in [-0.2, -0.15) is 0 Å². The second kappa shape index (κ2) is 3.87. The van der Waals surface area contributed by atoms with E-state index in [1.54, 1.807) is 0 Å². The predicted molar refractivity (Wildman–Crippen MR) is 45.7 cm³/mol. The van der Waals surface area contributed by atoms with Gasteiger partial charge in [-0.15, -0.1) is 0 Å². The lowest BCUT2D eigenvalue weighted by molar-refractivity contribution is -0.139. The number of aliphatic carboxylic acids is 1. The molecule has 0 heterocycles. The molecule has 0 fully saturated rings. The van der Waals surface area contributed by atoms with Gasteiger partial charge in [0.15, 0.2) is 0 Å². The van der Waals surface area contributed by atoms with Crippen LogP contribution >= 0.6 is 0 Å². The lowest BCUT2D eigenvalue weighted by Crippen LogP contribution is -2.38. The van der Waals surface area contributed by atoms with Crippen molar-refractivity contribution in [1.29, 1.82) is 0 Å². The average molecular weight is 175 g/mol. The van der Waals surface area contributed by atoms with Crippen LogP contribution in [0.15, 0.2) is 0 Å². The smallest absolute Gasteiger partial charge is 0.320 e. The number of carboxylic acids is 1. The first-order valence-electron chi connectivity index (χ1n) is 3.91. The molecule has 0 aliphatic carbocycles. The summed E-state index contributed by atoms with van der Waals surface area (Å²) in [4.78, 5) is 10.3. The summed E-state index contributed by atoms with van der Waals surface area (Å²) < 4.78 is 0. The Labute approximate surface area is 72.4 Å². The number of carbonyl (C=O) groups is 1. The molecule has 4 nitrogen and oxygen atoms in total. The van der Waals surface area contributed by atoms with E-state index in [1.807, 2.05) is 20.8 Å². The van der Waals surface area contributed by atoms with Gasteiger partial charge in [0.25, 0.3) is 0 Å². The zero-order valence-corrected chi connectivity index (χ0v) is 7.74. The molecule has 72 valence electrons. The van der Waals surface area contributed by atoms with Crippen LogP contribution in [-0.2, 0) is 4.79 Å². The Bertz CT molecular complexity index is 162. The Morgan fingerprint density at radius 1 is 1.50 bits per heavy atom. The molecule has 4 N–H and O–H groups in total. The summed E-state index contributed by atoms with van der Waals surface area (Å²) in [6, 6.07) is -0.973. The van der Waals surface area contributed by atoms with Crippen molar-refractivity contribution in [2.24, 2.45) is 11.1 Å². The van der Waals surface area contributed by atoms with Crippen LogP contribution in [-0.4, -0.2) is 28.3 Å². The first-order valence-corrected chi connectivity index (χ1v) is 3.91. The standard InChI is InChI=1S/C8H17NO3/c1-8(2,3)6(10)4-5(9)7(11)12/h5-6,10H,4,9H2,1-3H3,(H,11,12). The summed E-state index contributed by atoms with van der Waals surface area (Å²) in [5.41, 5.74) is 4.94. The molecule has 4 heteroatoms. The molecule has 12 heavy (non-hydrogen) atoms. The third kappa shape index (κ3) is 3.69. The molecule has 2 unspecified atom stereocenters. The van der Waals surface area contributed by atoms with E-state index in [0.29, 0.717) is 0 Å². The van der Waals surface area contributed by atoms with Crippen molar-refractivity contribution in [3.05, 3.63) is 0 Å². The van der Waals surface area contributed by atoms with Crippen LogP contribution in [0.25, 0.3) is 0 Å². The summed E-state index contributed by atoms with van der Waals surface area (Å²) in [5.74, 6) is -1.07. The van der Waals surface area contributed by atoms with Crippen molar-refractivity contribution < 1.29 is 15.0 Å². The molecular weight excluding hydrogens is 158 g/mol. The van der Waals surface area contributed by atoms with Crippen LogP contribution in [0.1, 0.15) is 27.2 Å². The highest BCUT2D eigenvalue weighted by molar-refractivity contribution is 5.73. The molecule has 0 rings (SSSR count). The first kappa shape index (κ1) is 11.4. The maximum atomic E-state index is 10.3. The highest BCUT2D eigenvalue weighted by Crippen LogP contribution is 2.22. The number of hydrogen-bond acceptors (Lipinski definition) is 3. The fraction of sp³-hybridized carbons (Fsp3) is 0.875. The molecule has 0 aromatic heterocycles. The van der Waals surface area contributed by atoms with Crippen molar-refractivity contribution in [1.82, 2.24) is 0 Å². The van der Waals surface area contributed by atoms with E-state index in [4.69, 9.17) is 10.8 Å². The van der Waals surface area contributed by atoms with Crippen LogP contribution in [0.2, 0.25) is 0 Å². The number of aliphatic hydroxyl groups excluding tert-OH is 1. The van der Waals surface area contributed by atoms with Crippen LogP contribution in [0.5, 0.6) is 0 Å². The van der Waals surface area contributed by atoms with Gasteiger partial charge >= 0.3 is 5.97 Å². The lowest BCUT2D eigenvalue weighted by atomic mass is 9.85. The van der Waals surface area contributed by atoms with Gasteiger partial charge in [-0.05, 0) is 11.8 Å². The van der Waals surface area contributed by atoms with E-state index in [0.717, 1.165) is 0 Å². The zero-order chi connectivity index (χ0) is 9.94. The summed E-state index contributed by atoms with van der Waals surface area (Å²) in [5, 5.41) is 17.9. The van der Waals surface area contributed by atoms with Crippen molar-refractivity contribution in [3.8, 4) is 0 Å². The molecule has 0 aliphatic rings. The SMILES string of the molecule is CC(C)(C)C(O)CC(N)C(=O)O. The van der Waals surface area contributed by atoms with Gasteiger partial charge in [0.1, 0.15) is 6.04 Å². The van der Waals surface area contributed by atoms with Crippen molar-refractivity contribution in [2.75, 3.05) is 0 Å². The Hall–Kier alpha value is -0.610. The number of aliphatic hydroxyl groups is 1. The number of nitrogens with two attached hydrogens (primary N) is 1. The largest absolute Gasteiger partial charge is 0.480 e. The van der Waals surface area contributed by atoms with E-state index in [2.05, 4.69) is 0 Å². The molecule has 0 radical (unpaired) electrons. The molecule has 0 saturated carbocycles. The Morgan fingerprint density at radius 2 is 1.92 bits per heavy atom. The van der Waals surface area contributed by atoms with Gasteiger partial charge < -0.3 is 15.9 Å². The first-order chi connectivity index (χ1) is 5.25. The predicted octanol–water partition coefficient (Wildman–Crippen LogP) is 0.195. The van der Waals surface area contributed by atoms with E-state index >= 15 is 0 Å². The maximum absolute atomic E-state index is 10.3. The average Bonchev–Trinajstić information content (AvgIpc) is 1.85. The van der Waals surface area contributed by atoms with Crippen molar-refractivity contribution >= 4 is 5.97 Å². The molecule has 0 aromatic rings. The molecule has 0 spiro atoms. The molecule has 2 atom stereocenters. The van der Waals surface area contributed by atoms with Crippen LogP contribution < -0.4 is 5.73 Å². The van der Waals surface area contributed by atoms with E-state index in [-0.39, 0.29) is 11.8 Å². The van der Waals surface area contributed by atoms with Crippen LogP contribution in [0, 0.1) is 5.41 Å². The van der Waals surface area contributed by atoms with E-state index in [1.165, 1.54) is 0 Å². The minimum Gasteiger partial charge on any atom is -0.480 e. The van der Waals surface area contributed by atoms with Gasteiger partial charge in [-0.1, -0.05) is 20.8 Å². The van der Waals surface area contributed by atoms with Gasteiger partial charge in [0, 0.05) is 0 Å². The Balaban J connectivity index is 4.01. The fourth-order valence-corrected chi connectivity index (χ4v) is 0.695. The second-order valence-electron chi connectivity index (χ2n) is 4.06. The molecule has 0 bridgehead atoms. The topological polar surface area (TPSA) is 83.5 Å². The number of rotatable bonds is 3. The van der Waals surface area contributed by atoms with Gasteiger partial charge in [0.2, 0.25) is 0 Å². The maximum Gasteiger partial charge on any atom is 0.320 e. The van der Waals surface area contributed by atoms with Crippen LogP contribution in [0.4, 0.5) is 0 Å². The van der Waals surface area contributed by atoms with E-state index < -0.39 is 18.1 Å². The summed E-state index contributed by atoms with van der Waals surface area (Å²) in [6.45, 7) is 5.52. The quantitative estimate of drug-likeness (QED) is 0.572. The number of hydrogen-bond donors (Lipinski definition) is 3. The third-order valence-electron chi connectivity index (χ3n) is 1.79. The van der Waals surface area contributed by atoms with Gasteiger partial charge in [-0.3, -0.25) is 4.79 Å². The van der Waals surface area contributed by atoms with Crippen molar-refractivity contribution in [3.63, 3.8) is 0 Å². The summed E-state index contributed by atoms with van der Waals surface area (Å²) in [6.07, 6.45) is -0.581. The van der Waals surface area contributed by atoms with Gasteiger partial charge in [0.05, 0.1) is 6.10 Å². The number of carboxylic acid groups (broad SMARTS) is 1. The Morgan fingerprint density at radius 3 is 2.17 bits per heavy atom. The zero-order valence-electron chi connectivity index (χ0n) is 7.74.